The van der Waals surface area contributed by atoms with Crippen LogP contribution >= 0.6 is 0 Å². The summed E-state index contributed by atoms with van der Waals surface area (Å²) < 4.78 is 5.70. The number of benzene rings is 3. The van der Waals surface area contributed by atoms with Crippen LogP contribution in [0.15, 0.2) is 72.8 Å². The smallest absolute Gasteiger partial charge is 0.337 e. The van der Waals surface area contributed by atoms with Gasteiger partial charge in [0.25, 0.3) is 5.91 Å². The summed E-state index contributed by atoms with van der Waals surface area (Å²) in [6, 6.07) is 19.5. The first-order valence-corrected chi connectivity index (χ1v) is 8.46. The zero-order valence-corrected chi connectivity index (χ0v) is 15.0. The molecule has 0 saturated heterocycles. The number of hydrogen-bond acceptors (Lipinski definition) is 4. The fraction of sp³-hybridized carbons (Fsp3) is 0.0455. The fourth-order valence-electron chi connectivity index (χ4n) is 2.58. The van der Waals surface area contributed by atoms with Crippen molar-refractivity contribution in [1.29, 1.82) is 0 Å². The first kappa shape index (κ1) is 18.8. The molecule has 6 heteroatoms. The van der Waals surface area contributed by atoms with Crippen molar-refractivity contribution >= 4 is 23.3 Å². The van der Waals surface area contributed by atoms with Crippen LogP contribution in [0, 0.1) is 0 Å². The van der Waals surface area contributed by atoms with E-state index in [9.17, 15) is 19.5 Å². The van der Waals surface area contributed by atoms with Crippen LogP contribution in [0.25, 0.3) is 0 Å². The highest BCUT2D eigenvalue weighted by atomic mass is 16.5. The van der Waals surface area contributed by atoms with E-state index in [1.165, 1.54) is 31.2 Å². The molecule has 0 aliphatic heterocycles. The molecule has 3 aromatic rings. The molecule has 0 saturated carbocycles. The lowest BCUT2D eigenvalue weighted by Gasteiger charge is -2.12. The molecule has 6 nitrogen and oxygen atoms in total. The van der Waals surface area contributed by atoms with Crippen molar-refractivity contribution in [2.24, 2.45) is 0 Å². The maximum Gasteiger partial charge on any atom is 0.337 e. The molecule has 0 aliphatic rings. The van der Waals surface area contributed by atoms with Gasteiger partial charge in [-0.25, -0.2) is 4.79 Å². The van der Waals surface area contributed by atoms with E-state index in [2.05, 4.69) is 5.32 Å². The average Bonchev–Trinajstić information content (AvgIpc) is 2.69. The minimum Gasteiger partial charge on any atom is -0.478 e. The van der Waals surface area contributed by atoms with Crippen LogP contribution in [0.3, 0.4) is 0 Å². The Hall–Kier alpha value is -3.93. The van der Waals surface area contributed by atoms with Crippen molar-refractivity contribution in [3.8, 4) is 11.5 Å². The number of anilines is 1. The number of carbonyl (C=O) groups excluding carboxylic acids is 2. The Kier molecular flexibility index (Phi) is 5.50. The molecule has 0 unspecified atom stereocenters. The number of rotatable bonds is 6. The third kappa shape index (κ3) is 4.42. The first-order chi connectivity index (χ1) is 13.4. The summed E-state index contributed by atoms with van der Waals surface area (Å²) in [4.78, 5) is 35.6. The van der Waals surface area contributed by atoms with Crippen LogP contribution in [-0.4, -0.2) is 22.8 Å². The zero-order valence-electron chi connectivity index (χ0n) is 15.0. The molecular formula is C22H17NO5. The molecule has 28 heavy (non-hydrogen) atoms. The number of Topliss-reactive ketones (excluding diaryl/α,β-unsaturated/α-hetero) is 1. The molecule has 0 radical (unpaired) electrons. The van der Waals surface area contributed by atoms with E-state index in [0.29, 0.717) is 17.1 Å². The summed E-state index contributed by atoms with van der Waals surface area (Å²) in [6.07, 6.45) is 0. The molecular weight excluding hydrogens is 358 g/mol. The third-order valence-corrected chi connectivity index (χ3v) is 3.98. The number of amides is 1. The molecule has 0 bridgehead atoms. The van der Waals surface area contributed by atoms with E-state index in [1.807, 2.05) is 18.2 Å². The Bertz CT molecular complexity index is 1040. The lowest BCUT2D eigenvalue weighted by atomic mass is 10.1. The van der Waals surface area contributed by atoms with Crippen molar-refractivity contribution in [2.45, 2.75) is 6.92 Å². The maximum absolute atomic E-state index is 12.6. The summed E-state index contributed by atoms with van der Waals surface area (Å²) >= 11 is 0. The molecule has 0 atom stereocenters. The second-order valence-electron chi connectivity index (χ2n) is 6.02. The summed E-state index contributed by atoms with van der Waals surface area (Å²) in [5, 5.41) is 12.0. The average molecular weight is 375 g/mol. The summed E-state index contributed by atoms with van der Waals surface area (Å²) in [5.74, 6) is -0.915. The largest absolute Gasteiger partial charge is 0.478 e. The Morgan fingerprint density at radius 2 is 1.54 bits per heavy atom. The second-order valence-corrected chi connectivity index (χ2v) is 6.02. The Morgan fingerprint density at radius 3 is 2.21 bits per heavy atom. The molecule has 0 aromatic heterocycles. The van der Waals surface area contributed by atoms with Crippen LogP contribution in [0.4, 0.5) is 5.69 Å². The van der Waals surface area contributed by atoms with E-state index in [-0.39, 0.29) is 22.6 Å². The topological polar surface area (TPSA) is 92.7 Å². The van der Waals surface area contributed by atoms with E-state index < -0.39 is 11.9 Å². The minimum absolute atomic E-state index is 0.0727. The van der Waals surface area contributed by atoms with Gasteiger partial charge in [-0.05, 0) is 43.3 Å². The van der Waals surface area contributed by atoms with Gasteiger partial charge in [0, 0.05) is 17.2 Å². The highest BCUT2D eigenvalue weighted by Gasteiger charge is 2.16. The summed E-state index contributed by atoms with van der Waals surface area (Å²) in [7, 11) is 0. The van der Waals surface area contributed by atoms with Gasteiger partial charge in [0.05, 0.1) is 11.3 Å². The number of hydrogen-bond donors (Lipinski definition) is 2. The fourth-order valence-corrected chi connectivity index (χ4v) is 2.58. The standard InChI is InChI=1S/C22H17NO5/c1-14(24)15-6-5-7-16(12-15)21(25)23-20-13-18(10-11-19(20)22(26)27)28-17-8-3-2-4-9-17/h2-13H,1H3,(H,23,25)(H,26,27). The van der Waals surface area contributed by atoms with E-state index in [1.54, 1.807) is 30.3 Å². The van der Waals surface area contributed by atoms with Crippen LogP contribution in [0.5, 0.6) is 11.5 Å². The minimum atomic E-state index is -1.18. The first-order valence-electron chi connectivity index (χ1n) is 8.46. The molecule has 0 heterocycles. The predicted octanol–water partition coefficient (Wildman–Crippen LogP) is 4.63. The van der Waals surface area contributed by atoms with Crippen molar-refractivity contribution < 1.29 is 24.2 Å². The van der Waals surface area contributed by atoms with E-state index >= 15 is 0 Å². The van der Waals surface area contributed by atoms with Crippen molar-refractivity contribution in [3.05, 3.63) is 89.5 Å². The van der Waals surface area contributed by atoms with Gasteiger partial charge in [0.1, 0.15) is 11.5 Å². The predicted molar refractivity (Wildman–Crippen MR) is 104 cm³/mol. The van der Waals surface area contributed by atoms with Crippen molar-refractivity contribution in [3.63, 3.8) is 0 Å². The number of ketones is 1. The molecule has 2 N–H and O–H groups in total. The second kappa shape index (κ2) is 8.18. The van der Waals surface area contributed by atoms with Crippen LogP contribution in [-0.2, 0) is 0 Å². The van der Waals surface area contributed by atoms with Crippen LogP contribution in [0.1, 0.15) is 38.0 Å². The lowest BCUT2D eigenvalue weighted by Crippen LogP contribution is -2.15. The number of aromatic carboxylic acids is 1. The molecule has 1 amide bonds. The third-order valence-electron chi connectivity index (χ3n) is 3.98. The normalized spacial score (nSPS) is 10.2. The zero-order chi connectivity index (χ0) is 20.1. The molecule has 0 spiro atoms. The van der Waals surface area contributed by atoms with Gasteiger partial charge in [-0.1, -0.05) is 30.3 Å². The van der Waals surface area contributed by atoms with Gasteiger partial charge in [-0.3, -0.25) is 9.59 Å². The van der Waals surface area contributed by atoms with E-state index in [0.717, 1.165) is 0 Å². The Labute approximate surface area is 161 Å². The maximum atomic E-state index is 12.6. The summed E-state index contributed by atoms with van der Waals surface area (Å²) in [5.41, 5.74) is 0.668. The SMILES string of the molecule is CC(=O)c1cccc(C(=O)Nc2cc(Oc3ccccc3)ccc2C(=O)O)c1. The molecule has 140 valence electrons. The van der Waals surface area contributed by atoms with Gasteiger partial charge in [0.15, 0.2) is 5.78 Å². The Morgan fingerprint density at radius 1 is 0.821 bits per heavy atom. The van der Waals surface area contributed by atoms with Gasteiger partial charge in [-0.2, -0.15) is 0 Å². The highest BCUT2D eigenvalue weighted by Crippen LogP contribution is 2.27. The van der Waals surface area contributed by atoms with Crippen LogP contribution in [0.2, 0.25) is 0 Å². The number of nitrogens with one attached hydrogen (secondary N) is 1. The number of carbonyl (C=O) groups is 3. The van der Waals surface area contributed by atoms with Crippen LogP contribution < -0.4 is 10.1 Å². The van der Waals surface area contributed by atoms with Gasteiger partial charge in [0.2, 0.25) is 0 Å². The highest BCUT2D eigenvalue weighted by molar-refractivity contribution is 6.09. The lowest BCUT2D eigenvalue weighted by molar-refractivity contribution is 0.0697. The number of para-hydroxylation sites is 1. The molecule has 3 rings (SSSR count). The Balaban J connectivity index is 1.89. The quantitative estimate of drug-likeness (QED) is 0.613. The number of carboxylic acid groups (broad SMARTS) is 1. The monoisotopic (exact) mass is 375 g/mol. The molecule has 3 aromatic carbocycles. The van der Waals surface area contributed by atoms with Gasteiger partial charge >= 0.3 is 5.97 Å². The summed E-state index contributed by atoms with van der Waals surface area (Å²) in [6.45, 7) is 1.41. The van der Waals surface area contributed by atoms with E-state index in [4.69, 9.17) is 4.74 Å². The molecule has 0 fully saturated rings. The van der Waals surface area contributed by atoms with Gasteiger partial charge in [-0.15, -0.1) is 0 Å². The van der Waals surface area contributed by atoms with Crippen molar-refractivity contribution in [1.82, 2.24) is 0 Å². The molecule has 0 aliphatic carbocycles. The van der Waals surface area contributed by atoms with Gasteiger partial charge < -0.3 is 15.2 Å². The number of carboxylic acids is 1. The van der Waals surface area contributed by atoms with Crippen molar-refractivity contribution in [2.75, 3.05) is 5.32 Å². The number of ether oxygens (including phenoxy) is 1.